The van der Waals surface area contributed by atoms with E-state index in [4.69, 9.17) is 0 Å². The number of H-pyrrole nitrogens is 1. The fourth-order valence-electron chi connectivity index (χ4n) is 4.52. The van der Waals surface area contributed by atoms with Gasteiger partial charge in [-0.25, -0.2) is 0 Å². The van der Waals surface area contributed by atoms with Crippen molar-refractivity contribution in [2.75, 3.05) is 39.3 Å². The highest BCUT2D eigenvalue weighted by molar-refractivity contribution is 6.06. The lowest BCUT2D eigenvalue weighted by Gasteiger charge is -2.42. The lowest BCUT2D eigenvalue weighted by atomic mass is 9.78. The van der Waals surface area contributed by atoms with Gasteiger partial charge in [0.1, 0.15) is 0 Å². The molecule has 0 unspecified atom stereocenters. The highest BCUT2D eigenvalue weighted by Gasteiger charge is 2.37. The van der Waals surface area contributed by atoms with Crippen LogP contribution in [0.2, 0.25) is 0 Å². The average Bonchev–Trinajstić information content (AvgIpc) is 3.21. The Morgan fingerprint density at radius 3 is 2.41 bits per heavy atom. The van der Waals surface area contributed by atoms with Gasteiger partial charge in [-0.2, -0.15) is 0 Å². The molecule has 4 rings (SSSR count). The van der Waals surface area contributed by atoms with Gasteiger partial charge < -0.3 is 19.9 Å². The molecule has 2 N–H and O–H groups in total. The van der Waals surface area contributed by atoms with Crippen LogP contribution in [0.25, 0.3) is 10.8 Å². The van der Waals surface area contributed by atoms with Crippen LogP contribution in [0.5, 0.6) is 0 Å². The summed E-state index contributed by atoms with van der Waals surface area (Å²) in [5.41, 5.74) is 0.265. The van der Waals surface area contributed by atoms with E-state index in [1.807, 2.05) is 17.0 Å². The molecular weight excluding hydrogens is 342 g/mol. The number of nitrogens with zero attached hydrogens (tertiary/aromatic N) is 2. The van der Waals surface area contributed by atoms with Gasteiger partial charge in [0.15, 0.2) is 0 Å². The summed E-state index contributed by atoms with van der Waals surface area (Å²) in [6.07, 6.45) is 5.64. The third-order valence-electron chi connectivity index (χ3n) is 6.24. The first-order chi connectivity index (χ1) is 13.1. The van der Waals surface area contributed by atoms with Crippen LogP contribution in [0.3, 0.4) is 0 Å². The summed E-state index contributed by atoms with van der Waals surface area (Å²) in [5, 5.41) is 11.3. The van der Waals surface area contributed by atoms with E-state index >= 15 is 0 Å². The van der Waals surface area contributed by atoms with Gasteiger partial charge in [0.25, 0.3) is 11.5 Å². The molecule has 0 bridgehead atoms. The van der Waals surface area contributed by atoms with E-state index in [1.54, 1.807) is 12.1 Å². The van der Waals surface area contributed by atoms with Gasteiger partial charge in [-0.3, -0.25) is 9.59 Å². The summed E-state index contributed by atoms with van der Waals surface area (Å²) < 4.78 is 0. The molecule has 3 heterocycles. The largest absolute Gasteiger partial charge is 0.396 e. The molecule has 2 saturated heterocycles. The fourth-order valence-corrected chi connectivity index (χ4v) is 4.52. The van der Waals surface area contributed by atoms with Crippen molar-refractivity contribution in [2.45, 2.75) is 25.7 Å². The molecule has 1 amide bonds. The molecule has 0 saturated carbocycles. The Morgan fingerprint density at radius 2 is 1.74 bits per heavy atom. The smallest absolute Gasteiger partial charge is 0.255 e. The number of carbonyl (C=O) groups excluding carboxylic acids is 1. The molecule has 0 aliphatic carbocycles. The number of benzene rings is 1. The van der Waals surface area contributed by atoms with E-state index in [1.165, 1.54) is 19.0 Å². The molecule has 0 spiro atoms. The number of aliphatic hydroxyl groups is 1. The van der Waals surface area contributed by atoms with Crippen molar-refractivity contribution in [3.05, 3.63) is 46.4 Å². The highest BCUT2D eigenvalue weighted by Crippen LogP contribution is 2.34. The normalized spacial score (nSPS) is 20.3. The first-order valence-electron chi connectivity index (χ1n) is 9.85. The number of piperidine rings is 1. The minimum atomic E-state index is -0.175. The summed E-state index contributed by atoms with van der Waals surface area (Å²) in [6.45, 7) is 4.61. The van der Waals surface area contributed by atoms with Gasteiger partial charge in [-0.1, -0.05) is 18.2 Å². The van der Waals surface area contributed by atoms with Gasteiger partial charge in [-0.05, 0) is 44.8 Å². The van der Waals surface area contributed by atoms with Crippen LogP contribution in [0, 0.1) is 5.41 Å². The first kappa shape index (κ1) is 18.2. The Hall–Kier alpha value is -2.18. The number of hydrogen-bond acceptors (Lipinski definition) is 4. The molecule has 0 radical (unpaired) electrons. The molecule has 144 valence electrons. The third-order valence-corrected chi connectivity index (χ3v) is 6.24. The van der Waals surface area contributed by atoms with E-state index in [0.29, 0.717) is 29.4 Å². The van der Waals surface area contributed by atoms with E-state index in [9.17, 15) is 14.7 Å². The monoisotopic (exact) mass is 369 g/mol. The SMILES string of the molecule is O=C(c1c[nH]c(=O)c2ccccc12)N1CCC(CO)(CN2CCCC2)CC1. The van der Waals surface area contributed by atoms with Crippen LogP contribution in [-0.4, -0.2) is 65.1 Å². The number of fused-ring (bicyclic) bond motifs is 1. The molecule has 2 fully saturated rings. The molecule has 2 aromatic rings. The minimum Gasteiger partial charge on any atom is -0.396 e. The van der Waals surface area contributed by atoms with Crippen LogP contribution < -0.4 is 5.56 Å². The zero-order valence-electron chi connectivity index (χ0n) is 15.6. The highest BCUT2D eigenvalue weighted by atomic mass is 16.3. The summed E-state index contributed by atoms with van der Waals surface area (Å²) in [4.78, 5) is 32.1. The van der Waals surface area contributed by atoms with Crippen LogP contribution >= 0.6 is 0 Å². The number of aromatic nitrogens is 1. The summed E-state index contributed by atoms with van der Waals surface area (Å²) in [7, 11) is 0. The molecule has 2 aliphatic rings. The predicted molar refractivity (Wildman–Crippen MR) is 105 cm³/mol. The number of carbonyl (C=O) groups is 1. The van der Waals surface area contributed by atoms with Gasteiger partial charge in [0, 0.05) is 42.0 Å². The Kier molecular flexibility index (Phi) is 5.02. The van der Waals surface area contributed by atoms with Crippen molar-refractivity contribution in [3.8, 4) is 0 Å². The van der Waals surface area contributed by atoms with E-state index in [2.05, 4.69) is 9.88 Å². The van der Waals surface area contributed by atoms with E-state index < -0.39 is 0 Å². The van der Waals surface area contributed by atoms with Gasteiger partial charge in [0.2, 0.25) is 0 Å². The van der Waals surface area contributed by atoms with E-state index in [-0.39, 0.29) is 23.5 Å². The second-order valence-electron chi connectivity index (χ2n) is 8.01. The van der Waals surface area contributed by atoms with Crippen molar-refractivity contribution in [3.63, 3.8) is 0 Å². The lowest BCUT2D eigenvalue weighted by Crippen LogP contribution is -2.49. The lowest BCUT2D eigenvalue weighted by molar-refractivity contribution is 0.0179. The Bertz CT molecular complexity index is 878. The Labute approximate surface area is 158 Å². The average molecular weight is 369 g/mol. The number of rotatable bonds is 4. The van der Waals surface area contributed by atoms with Crippen molar-refractivity contribution in [2.24, 2.45) is 5.41 Å². The second-order valence-corrected chi connectivity index (χ2v) is 8.01. The van der Waals surface area contributed by atoms with Crippen molar-refractivity contribution in [1.82, 2.24) is 14.8 Å². The Balaban J connectivity index is 1.50. The fraction of sp³-hybridized carbons (Fsp3) is 0.524. The van der Waals surface area contributed by atoms with Crippen molar-refractivity contribution >= 4 is 16.7 Å². The zero-order chi connectivity index (χ0) is 18.9. The number of nitrogens with one attached hydrogen (secondary N) is 1. The maximum Gasteiger partial charge on any atom is 0.255 e. The summed E-state index contributed by atoms with van der Waals surface area (Å²) in [5.74, 6) is -0.0461. The molecule has 6 heteroatoms. The van der Waals surface area contributed by atoms with Crippen molar-refractivity contribution in [1.29, 1.82) is 0 Å². The number of pyridine rings is 1. The van der Waals surface area contributed by atoms with E-state index in [0.717, 1.165) is 32.5 Å². The molecule has 1 aromatic heterocycles. The van der Waals surface area contributed by atoms with Gasteiger partial charge in [-0.15, -0.1) is 0 Å². The van der Waals surface area contributed by atoms with Crippen LogP contribution in [0.4, 0.5) is 0 Å². The van der Waals surface area contributed by atoms with Crippen LogP contribution in [0.1, 0.15) is 36.0 Å². The first-order valence-corrected chi connectivity index (χ1v) is 9.85. The quantitative estimate of drug-likeness (QED) is 0.862. The Morgan fingerprint density at radius 1 is 1.07 bits per heavy atom. The van der Waals surface area contributed by atoms with Gasteiger partial charge >= 0.3 is 0 Å². The molecule has 2 aliphatic heterocycles. The second kappa shape index (κ2) is 7.44. The summed E-state index contributed by atoms with van der Waals surface area (Å²) in [6, 6.07) is 7.23. The van der Waals surface area contributed by atoms with Crippen LogP contribution in [-0.2, 0) is 0 Å². The van der Waals surface area contributed by atoms with Gasteiger partial charge in [0.05, 0.1) is 12.2 Å². The topological polar surface area (TPSA) is 76.6 Å². The third kappa shape index (κ3) is 3.51. The van der Waals surface area contributed by atoms with Crippen molar-refractivity contribution < 1.29 is 9.90 Å². The number of aromatic amines is 1. The number of aliphatic hydroxyl groups excluding tert-OH is 1. The summed E-state index contributed by atoms with van der Waals surface area (Å²) >= 11 is 0. The molecule has 6 nitrogen and oxygen atoms in total. The number of amides is 1. The molecule has 0 atom stereocenters. The van der Waals surface area contributed by atoms with Crippen LogP contribution in [0.15, 0.2) is 35.3 Å². The number of likely N-dealkylation sites (tertiary alicyclic amines) is 2. The maximum absolute atomic E-state index is 13.1. The molecule has 27 heavy (non-hydrogen) atoms. The predicted octanol–water partition coefficient (Wildman–Crippen LogP) is 1.84. The molecule has 1 aromatic carbocycles. The maximum atomic E-state index is 13.1. The standard InChI is InChI=1S/C21H27N3O3/c25-15-21(14-23-9-3-4-10-23)7-11-24(12-8-21)20(27)18-13-22-19(26)17-6-2-1-5-16(17)18/h1-2,5-6,13,25H,3-4,7-12,14-15H2,(H,22,26). The molecular formula is C21H27N3O3. The zero-order valence-corrected chi connectivity index (χ0v) is 15.6. The number of hydrogen-bond donors (Lipinski definition) is 2. The minimum absolute atomic E-state index is 0.0461.